The second kappa shape index (κ2) is 23.1. The minimum atomic E-state index is -1.39. The van der Waals surface area contributed by atoms with Crippen LogP contribution in [0.25, 0.3) is 0 Å². The minimum Gasteiger partial charge on any atom is -0.479 e. The van der Waals surface area contributed by atoms with Gasteiger partial charge in [-0.3, -0.25) is 28.8 Å². The van der Waals surface area contributed by atoms with E-state index in [1.807, 2.05) is 27.7 Å². The molecular weight excluding hydrogens is 710 g/mol. The van der Waals surface area contributed by atoms with Crippen LogP contribution in [0.15, 0.2) is 30.3 Å². The second-order valence-corrected chi connectivity index (χ2v) is 15.2. The number of amides is 5. The number of benzene rings is 1. The summed E-state index contributed by atoms with van der Waals surface area (Å²) in [6.07, 6.45) is -0.338. The van der Waals surface area contributed by atoms with E-state index in [-0.39, 0.29) is 43.6 Å². The monoisotopic (exact) mass is 765 g/mol. The van der Waals surface area contributed by atoms with Crippen molar-refractivity contribution in [2.24, 2.45) is 11.8 Å². The van der Waals surface area contributed by atoms with E-state index >= 15 is 0 Å². The normalized spacial score (nSPS) is 13.5. The topological polar surface area (TPSA) is 235 Å². The lowest BCUT2D eigenvalue weighted by atomic mass is 9.98. The molecule has 53 heavy (non-hydrogen) atoms. The predicted octanol–water partition coefficient (Wildman–Crippen LogP) is 2.26. The van der Waals surface area contributed by atoms with Crippen molar-refractivity contribution in [1.29, 1.82) is 0 Å². The smallest absolute Gasteiger partial charge is 0.407 e. The Kier molecular flexibility index (Phi) is 20.2. The standard InChI is InChI=1S/C36H55N5O11S/c1-9-14-24(29(44)32(46)37-18-26(42)40-28(34(48)49)23-15-12-11-13-16-23)38-31(45)25(17-21(3)4)39-33(47)30(41-35(50)52-19-22(5)6)36(7,8)53-20-27(43)51-10-2/h11-13,15-16,21-22,24-25,28,30H,9-10,14,17-20H2,1-8H3,(H,37,46)(H,38,45)(H,39,47)(H,40,42)(H,41,50)(H,48,49)/t24?,25-,28-,30+/m0/s1. The summed E-state index contributed by atoms with van der Waals surface area (Å²) >= 11 is 1.06. The molecule has 0 aliphatic rings. The van der Waals surface area contributed by atoms with Crippen molar-refractivity contribution in [2.75, 3.05) is 25.5 Å². The highest BCUT2D eigenvalue weighted by Crippen LogP contribution is 2.29. The molecule has 0 saturated heterocycles. The summed E-state index contributed by atoms with van der Waals surface area (Å²) in [5, 5.41) is 21.8. The van der Waals surface area contributed by atoms with E-state index in [1.165, 1.54) is 12.1 Å². The first kappa shape index (κ1) is 46.4. The number of carbonyl (C=O) groups excluding carboxylic acids is 7. The third kappa shape index (κ3) is 17.1. The summed E-state index contributed by atoms with van der Waals surface area (Å²) in [6, 6.07) is 2.69. The molecule has 1 aromatic carbocycles. The van der Waals surface area contributed by atoms with E-state index in [0.717, 1.165) is 11.8 Å². The van der Waals surface area contributed by atoms with E-state index in [0.29, 0.717) is 12.0 Å². The number of hydrogen-bond donors (Lipinski definition) is 6. The summed E-state index contributed by atoms with van der Waals surface area (Å²) in [5.74, 6) is -6.71. The summed E-state index contributed by atoms with van der Waals surface area (Å²) < 4.78 is 9.13. The van der Waals surface area contributed by atoms with Crippen molar-refractivity contribution in [2.45, 2.75) is 104 Å². The highest BCUT2D eigenvalue weighted by Gasteiger charge is 2.40. The molecule has 1 unspecified atom stereocenters. The number of thioether (sulfide) groups is 1. The Morgan fingerprint density at radius 3 is 1.98 bits per heavy atom. The van der Waals surface area contributed by atoms with Gasteiger partial charge in [0, 0.05) is 4.75 Å². The fourth-order valence-corrected chi connectivity index (χ4v) is 5.73. The molecule has 0 aliphatic carbocycles. The van der Waals surface area contributed by atoms with Gasteiger partial charge in [-0.25, -0.2) is 9.59 Å². The van der Waals surface area contributed by atoms with Gasteiger partial charge in [-0.1, -0.05) is 71.4 Å². The van der Waals surface area contributed by atoms with Gasteiger partial charge >= 0.3 is 18.0 Å². The van der Waals surface area contributed by atoms with E-state index < -0.39 is 82.9 Å². The molecule has 16 nitrogen and oxygen atoms in total. The minimum absolute atomic E-state index is 0.0142. The first-order valence-electron chi connectivity index (χ1n) is 17.5. The van der Waals surface area contributed by atoms with Crippen molar-refractivity contribution >= 4 is 59.2 Å². The Morgan fingerprint density at radius 1 is 0.811 bits per heavy atom. The molecule has 6 N–H and O–H groups in total. The number of esters is 1. The largest absolute Gasteiger partial charge is 0.479 e. The van der Waals surface area contributed by atoms with Crippen molar-refractivity contribution in [3.63, 3.8) is 0 Å². The molecule has 0 radical (unpaired) electrons. The summed E-state index contributed by atoms with van der Waals surface area (Å²) in [7, 11) is 0. The maximum atomic E-state index is 13.8. The van der Waals surface area contributed by atoms with E-state index in [2.05, 4.69) is 26.6 Å². The van der Waals surface area contributed by atoms with E-state index in [9.17, 15) is 43.5 Å². The summed E-state index contributed by atoms with van der Waals surface area (Å²) in [6.45, 7) is 13.5. The van der Waals surface area contributed by atoms with E-state index in [1.54, 1.807) is 45.9 Å². The van der Waals surface area contributed by atoms with Gasteiger partial charge in [0.25, 0.3) is 5.91 Å². The van der Waals surface area contributed by atoms with Crippen molar-refractivity contribution in [3.05, 3.63) is 35.9 Å². The van der Waals surface area contributed by atoms with Crippen LogP contribution in [0.4, 0.5) is 4.79 Å². The number of carboxylic acids is 1. The second-order valence-electron chi connectivity index (χ2n) is 13.6. The molecule has 0 spiro atoms. The van der Waals surface area contributed by atoms with Crippen LogP contribution in [-0.2, 0) is 43.0 Å². The maximum Gasteiger partial charge on any atom is 0.407 e. The highest BCUT2D eigenvalue weighted by molar-refractivity contribution is 8.01. The molecule has 0 fully saturated rings. The molecule has 296 valence electrons. The van der Waals surface area contributed by atoms with Gasteiger partial charge < -0.3 is 41.2 Å². The van der Waals surface area contributed by atoms with Crippen molar-refractivity contribution < 1.29 is 52.9 Å². The van der Waals surface area contributed by atoms with E-state index in [4.69, 9.17) is 9.47 Å². The van der Waals surface area contributed by atoms with Crippen LogP contribution < -0.4 is 26.6 Å². The summed E-state index contributed by atoms with van der Waals surface area (Å²) in [4.78, 5) is 103. The van der Waals surface area contributed by atoms with Gasteiger partial charge in [-0.15, -0.1) is 11.8 Å². The zero-order chi connectivity index (χ0) is 40.3. The van der Waals surface area contributed by atoms with Gasteiger partial charge in [0.2, 0.25) is 23.5 Å². The quantitative estimate of drug-likeness (QED) is 0.0696. The Labute approximate surface area is 315 Å². The van der Waals surface area contributed by atoms with Crippen LogP contribution in [0.3, 0.4) is 0 Å². The Morgan fingerprint density at radius 2 is 1.43 bits per heavy atom. The predicted molar refractivity (Wildman–Crippen MR) is 197 cm³/mol. The van der Waals surface area contributed by atoms with Crippen LogP contribution in [0.5, 0.6) is 0 Å². The Balaban J connectivity index is 3.13. The number of nitrogens with one attached hydrogen (secondary N) is 5. The van der Waals surface area contributed by atoms with Gasteiger partial charge in [0.05, 0.1) is 31.6 Å². The average Bonchev–Trinajstić information content (AvgIpc) is 3.09. The molecule has 0 heterocycles. The summed E-state index contributed by atoms with van der Waals surface area (Å²) in [5.41, 5.74) is 0.302. The van der Waals surface area contributed by atoms with Gasteiger partial charge in [-0.2, -0.15) is 0 Å². The Hall–Kier alpha value is -4.67. The third-order valence-electron chi connectivity index (χ3n) is 7.50. The lowest BCUT2D eigenvalue weighted by molar-refractivity contribution is -0.142. The number of carbonyl (C=O) groups is 8. The number of rotatable bonds is 23. The SMILES string of the molecule is CCCC(NC(=O)[C@H](CC(C)C)NC(=O)[C@@H](NC(=O)OCC(C)C)C(C)(C)SCC(=O)OCC)C(=O)C(=O)NCC(=O)N[C@H](C(=O)O)c1ccccc1. The lowest BCUT2D eigenvalue weighted by Crippen LogP contribution is -2.61. The number of Topliss-reactive ketones (excluding diaryl/α,β-unsaturated/α-hetero) is 1. The fraction of sp³-hybridized carbons (Fsp3) is 0.611. The average molecular weight is 766 g/mol. The van der Waals surface area contributed by atoms with Crippen molar-refractivity contribution in [1.82, 2.24) is 26.6 Å². The number of hydrogen-bond acceptors (Lipinski definition) is 11. The zero-order valence-electron chi connectivity index (χ0n) is 31.7. The van der Waals surface area contributed by atoms with Crippen LogP contribution in [0, 0.1) is 11.8 Å². The van der Waals surface area contributed by atoms with Gasteiger partial charge in [-0.05, 0) is 51.0 Å². The van der Waals surface area contributed by atoms with Crippen LogP contribution >= 0.6 is 11.8 Å². The van der Waals surface area contributed by atoms with Crippen LogP contribution in [0.2, 0.25) is 0 Å². The first-order chi connectivity index (χ1) is 24.8. The maximum absolute atomic E-state index is 13.8. The molecule has 0 aliphatic heterocycles. The fourth-order valence-electron chi connectivity index (χ4n) is 4.83. The molecule has 1 aromatic rings. The first-order valence-corrected chi connectivity index (χ1v) is 18.5. The number of alkyl carbamates (subject to hydrolysis) is 1. The van der Waals surface area contributed by atoms with Crippen LogP contribution in [-0.4, -0.2) is 101 Å². The molecule has 1 rings (SSSR count). The number of carboxylic acid groups (broad SMARTS) is 1. The lowest BCUT2D eigenvalue weighted by Gasteiger charge is -2.34. The number of ketones is 1. The highest BCUT2D eigenvalue weighted by atomic mass is 32.2. The third-order valence-corrected chi connectivity index (χ3v) is 8.86. The molecule has 0 aromatic heterocycles. The molecule has 0 saturated carbocycles. The van der Waals surface area contributed by atoms with Gasteiger partial charge in [0.1, 0.15) is 12.1 Å². The van der Waals surface area contributed by atoms with Crippen molar-refractivity contribution in [3.8, 4) is 0 Å². The molecule has 0 bridgehead atoms. The number of aliphatic carboxylic acids is 1. The Bertz CT molecular complexity index is 1420. The number of ether oxygens (including phenoxy) is 2. The molecule has 5 amide bonds. The zero-order valence-corrected chi connectivity index (χ0v) is 32.6. The molecular formula is C36H55N5O11S. The molecule has 4 atom stereocenters. The van der Waals surface area contributed by atoms with Gasteiger partial charge in [0.15, 0.2) is 6.04 Å². The molecule has 17 heteroatoms. The van der Waals surface area contributed by atoms with Crippen LogP contribution in [0.1, 0.15) is 86.3 Å².